The molecule has 0 fully saturated rings. The highest BCUT2D eigenvalue weighted by molar-refractivity contribution is 5.83. The molecule has 0 spiro atoms. The maximum atomic E-state index is 9.53. The van der Waals surface area contributed by atoms with Crippen molar-refractivity contribution < 1.29 is 10.2 Å². The van der Waals surface area contributed by atoms with Gasteiger partial charge < -0.3 is 15.9 Å². The van der Waals surface area contributed by atoms with Crippen molar-refractivity contribution in [2.75, 3.05) is 12.3 Å². The first-order chi connectivity index (χ1) is 10.2. The predicted molar refractivity (Wildman–Crippen MR) is 76.1 cm³/mol. The Morgan fingerprint density at radius 1 is 1.19 bits per heavy atom. The summed E-state index contributed by atoms with van der Waals surface area (Å²) in [6, 6.07) is 9.40. The summed E-state index contributed by atoms with van der Waals surface area (Å²) in [5.74, 6) is 0.686. The number of hydrogen-bond acceptors (Lipinski definition) is 7. The molecule has 2 heterocycles. The molecular formula is C13H14N6O2. The van der Waals surface area contributed by atoms with Crippen molar-refractivity contribution in [3.8, 4) is 11.4 Å². The molecule has 21 heavy (non-hydrogen) atoms. The number of hydrogen-bond donors (Lipinski definition) is 3. The van der Waals surface area contributed by atoms with Crippen LogP contribution in [-0.2, 0) is 6.54 Å². The summed E-state index contributed by atoms with van der Waals surface area (Å²) in [5.41, 5.74) is 7.51. The lowest BCUT2D eigenvalue weighted by Crippen LogP contribution is -2.21. The second-order valence-corrected chi connectivity index (χ2v) is 4.58. The Morgan fingerprint density at radius 2 is 1.95 bits per heavy atom. The zero-order valence-corrected chi connectivity index (χ0v) is 11.1. The van der Waals surface area contributed by atoms with Gasteiger partial charge in [-0.05, 0) is 0 Å². The second-order valence-electron chi connectivity index (χ2n) is 4.58. The first-order valence-electron chi connectivity index (χ1n) is 6.40. The molecule has 0 saturated heterocycles. The van der Waals surface area contributed by atoms with Crippen LogP contribution in [0, 0.1) is 0 Å². The number of aliphatic hydroxyl groups is 2. The molecule has 0 amide bonds. The van der Waals surface area contributed by atoms with E-state index in [2.05, 4.69) is 20.3 Å². The van der Waals surface area contributed by atoms with Gasteiger partial charge in [0.2, 0.25) is 0 Å². The van der Waals surface area contributed by atoms with Crippen molar-refractivity contribution >= 4 is 17.0 Å². The molecule has 0 radical (unpaired) electrons. The average Bonchev–Trinajstić information content (AvgIpc) is 2.91. The summed E-state index contributed by atoms with van der Waals surface area (Å²) in [6.45, 7) is -0.287. The normalized spacial score (nSPS) is 12.7. The van der Waals surface area contributed by atoms with E-state index in [0.29, 0.717) is 17.0 Å². The number of nitrogens with two attached hydrogens (primary N) is 1. The van der Waals surface area contributed by atoms with Crippen LogP contribution < -0.4 is 5.73 Å². The van der Waals surface area contributed by atoms with E-state index in [9.17, 15) is 5.11 Å². The number of nitrogen functional groups attached to an aromatic ring is 1. The molecule has 1 unspecified atom stereocenters. The van der Waals surface area contributed by atoms with Crippen LogP contribution in [0.3, 0.4) is 0 Å². The highest BCUT2D eigenvalue weighted by Crippen LogP contribution is 2.21. The van der Waals surface area contributed by atoms with Gasteiger partial charge in [0.25, 0.3) is 0 Å². The molecule has 0 bridgehead atoms. The SMILES string of the molecule is Nc1nc(-c2ccccc2)nc2c1nnn2CC(O)CO. The molecule has 8 nitrogen and oxygen atoms in total. The van der Waals surface area contributed by atoms with E-state index >= 15 is 0 Å². The van der Waals surface area contributed by atoms with Crippen molar-refractivity contribution in [3.05, 3.63) is 30.3 Å². The summed E-state index contributed by atoms with van der Waals surface area (Å²) >= 11 is 0. The summed E-state index contributed by atoms with van der Waals surface area (Å²) in [4.78, 5) is 8.63. The van der Waals surface area contributed by atoms with Gasteiger partial charge >= 0.3 is 0 Å². The zero-order valence-electron chi connectivity index (χ0n) is 11.1. The van der Waals surface area contributed by atoms with E-state index in [1.807, 2.05) is 30.3 Å². The molecule has 1 aromatic carbocycles. The first kappa shape index (κ1) is 13.4. The summed E-state index contributed by atoms with van der Waals surface area (Å²) < 4.78 is 1.40. The van der Waals surface area contributed by atoms with Crippen molar-refractivity contribution in [2.24, 2.45) is 0 Å². The third-order valence-electron chi connectivity index (χ3n) is 3.02. The Morgan fingerprint density at radius 3 is 2.67 bits per heavy atom. The van der Waals surface area contributed by atoms with Crippen LogP contribution in [0.15, 0.2) is 30.3 Å². The summed E-state index contributed by atoms with van der Waals surface area (Å²) in [6.07, 6.45) is -0.939. The van der Waals surface area contributed by atoms with Crippen molar-refractivity contribution in [1.29, 1.82) is 0 Å². The highest BCUT2D eigenvalue weighted by atomic mass is 16.3. The Hall–Kier alpha value is -2.58. The monoisotopic (exact) mass is 286 g/mol. The molecule has 1 atom stereocenters. The van der Waals surface area contributed by atoms with Crippen LogP contribution in [0.5, 0.6) is 0 Å². The number of aliphatic hydroxyl groups excluding tert-OH is 2. The lowest BCUT2D eigenvalue weighted by atomic mass is 10.2. The molecule has 0 aliphatic rings. The van der Waals surface area contributed by atoms with Crippen LogP contribution in [0.2, 0.25) is 0 Å². The van der Waals surface area contributed by atoms with Crippen LogP contribution in [0.4, 0.5) is 5.82 Å². The van der Waals surface area contributed by atoms with Crippen LogP contribution >= 0.6 is 0 Å². The van der Waals surface area contributed by atoms with Gasteiger partial charge in [-0.3, -0.25) is 0 Å². The van der Waals surface area contributed by atoms with Crippen molar-refractivity contribution in [2.45, 2.75) is 12.6 Å². The molecular weight excluding hydrogens is 272 g/mol. The number of aromatic nitrogens is 5. The minimum atomic E-state index is -0.939. The topological polar surface area (TPSA) is 123 Å². The van der Waals surface area contributed by atoms with Gasteiger partial charge in [0, 0.05) is 5.56 Å². The van der Waals surface area contributed by atoms with Crippen molar-refractivity contribution in [3.63, 3.8) is 0 Å². The second kappa shape index (κ2) is 5.43. The van der Waals surface area contributed by atoms with E-state index in [-0.39, 0.29) is 19.0 Å². The van der Waals surface area contributed by atoms with Crippen LogP contribution in [0.25, 0.3) is 22.6 Å². The van der Waals surface area contributed by atoms with Gasteiger partial charge in [-0.1, -0.05) is 35.5 Å². The first-order valence-corrected chi connectivity index (χ1v) is 6.40. The van der Waals surface area contributed by atoms with E-state index < -0.39 is 6.10 Å². The largest absolute Gasteiger partial charge is 0.394 e. The van der Waals surface area contributed by atoms with Gasteiger partial charge in [-0.2, -0.15) is 0 Å². The van der Waals surface area contributed by atoms with Gasteiger partial charge in [-0.25, -0.2) is 14.6 Å². The standard InChI is InChI=1S/C13H14N6O2/c14-11-10-13(19(18-17-10)6-9(21)7-20)16-12(15-11)8-4-2-1-3-5-8/h1-5,9,20-21H,6-7H2,(H2,14,15,16). The molecule has 8 heteroatoms. The fourth-order valence-corrected chi connectivity index (χ4v) is 1.97. The summed E-state index contributed by atoms with van der Waals surface area (Å²) in [5, 5.41) is 26.3. The number of nitrogens with zero attached hydrogens (tertiary/aromatic N) is 5. The molecule has 3 aromatic rings. The fourth-order valence-electron chi connectivity index (χ4n) is 1.97. The van der Waals surface area contributed by atoms with Gasteiger partial charge in [0.05, 0.1) is 19.3 Å². The summed E-state index contributed by atoms with van der Waals surface area (Å²) in [7, 11) is 0. The lowest BCUT2D eigenvalue weighted by Gasteiger charge is -2.07. The maximum Gasteiger partial charge on any atom is 0.184 e. The highest BCUT2D eigenvalue weighted by Gasteiger charge is 2.15. The number of fused-ring (bicyclic) bond motifs is 1. The minimum Gasteiger partial charge on any atom is -0.394 e. The lowest BCUT2D eigenvalue weighted by molar-refractivity contribution is 0.0787. The van der Waals surface area contributed by atoms with Gasteiger partial charge in [0.15, 0.2) is 22.8 Å². The maximum absolute atomic E-state index is 9.53. The Balaban J connectivity index is 2.11. The van der Waals surface area contributed by atoms with E-state index in [1.165, 1.54) is 4.68 Å². The number of benzene rings is 1. The number of rotatable bonds is 4. The van der Waals surface area contributed by atoms with E-state index in [1.54, 1.807) is 0 Å². The minimum absolute atomic E-state index is 0.0810. The number of anilines is 1. The van der Waals surface area contributed by atoms with Crippen LogP contribution in [0.1, 0.15) is 0 Å². The van der Waals surface area contributed by atoms with E-state index in [4.69, 9.17) is 10.8 Å². The Kier molecular flexibility index (Phi) is 3.46. The van der Waals surface area contributed by atoms with Crippen LogP contribution in [-0.4, -0.2) is 47.9 Å². The quantitative estimate of drug-likeness (QED) is 0.608. The van der Waals surface area contributed by atoms with E-state index in [0.717, 1.165) is 5.56 Å². The predicted octanol–water partition coefficient (Wildman–Crippen LogP) is -0.176. The molecule has 2 aromatic heterocycles. The molecule has 4 N–H and O–H groups in total. The molecule has 0 saturated carbocycles. The molecule has 3 rings (SSSR count). The Labute approximate surface area is 119 Å². The molecule has 0 aliphatic heterocycles. The Bertz CT molecular complexity index is 758. The third-order valence-corrected chi connectivity index (χ3v) is 3.02. The fraction of sp³-hybridized carbons (Fsp3) is 0.231. The molecule has 0 aliphatic carbocycles. The van der Waals surface area contributed by atoms with Crippen molar-refractivity contribution in [1.82, 2.24) is 25.0 Å². The molecule has 108 valence electrons. The average molecular weight is 286 g/mol. The van der Waals surface area contributed by atoms with Gasteiger partial charge in [0.1, 0.15) is 0 Å². The zero-order chi connectivity index (χ0) is 14.8. The third kappa shape index (κ3) is 2.54. The smallest absolute Gasteiger partial charge is 0.184 e. The van der Waals surface area contributed by atoms with Gasteiger partial charge in [-0.15, -0.1) is 5.10 Å².